The Hall–Kier alpha value is -2.91. The molecule has 0 fully saturated rings. The molecule has 27 heavy (non-hydrogen) atoms. The van der Waals surface area contributed by atoms with Crippen LogP contribution in [0.2, 0.25) is 0 Å². The molecular weight excluding hydrogens is 365 g/mol. The first-order valence-electron chi connectivity index (χ1n) is 8.31. The molecule has 0 unspecified atom stereocenters. The van der Waals surface area contributed by atoms with Gasteiger partial charge in [0.15, 0.2) is 0 Å². The topological polar surface area (TPSA) is 96.8 Å². The third-order valence-electron chi connectivity index (χ3n) is 4.05. The summed E-state index contributed by atoms with van der Waals surface area (Å²) in [5.41, 5.74) is -0.438. The van der Waals surface area contributed by atoms with Gasteiger partial charge in [-0.3, -0.25) is 14.4 Å². The number of carbonyl (C=O) groups excluding carboxylic acids is 1. The Balaban J connectivity index is 2.17. The number of carbonyl (C=O) groups is 1. The Kier molecular flexibility index (Phi) is 6.19. The van der Waals surface area contributed by atoms with Crippen LogP contribution in [-0.4, -0.2) is 20.7 Å². The van der Waals surface area contributed by atoms with Crippen molar-refractivity contribution < 1.29 is 18.0 Å². The van der Waals surface area contributed by atoms with Crippen LogP contribution in [0, 0.1) is 0 Å². The number of aryl methyl sites for hydroxylation is 1. The summed E-state index contributed by atoms with van der Waals surface area (Å²) in [6.45, 7) is 3.03. The maximum Gasteiger partial charge on any atom is 0.417 e. The van der Waals surface area contributed by atoms with Crippen molar-refractivity contribution in [1.82, 2.24) is 20.1 Å². The highest BCUT2D eigenvalue weighted by atomic mass is 19.4. The van der Waals surface area contributed by atoms with Crippen LogP contribution in [0.15, 0.2) is 27.9 Å². The lowest BCUT2D eigenvalue weighted by molar-refractivity contribution is -0.138. The summed E-state index contributed by atoms with van der Waals surface area (Å²) in [6.07, 6.45) is -2.89. The largest absolute Gasteiger partial charge is 0.417 e. The van der Waals surface area contributed by atoms with E-state index in [-0.39, 0.29) is 6.54 Å². The molecule has 2 aromatic rings. The second-order valence-electron chi connectivity index (χ2n) is 5.82. The van der Waals surface area contributed by atoms with Crippen molar-refractivity contribution in [2.45, 2.75) is 46.0 Å². The number of hydrogen-bond donors (Lipinski definition) is 2. The van der Waals surface area contributed by atoms with E-state index in [1.807, 2.05) is 13.8 Å². The Labute approximate surface area is 152 Å². The van der Waals surface area contributed by atoms with E-state index in [4.69, 9.17) is 0 Å². The number of rotatable bonds is 6. The quantitative estimate of drug-likeness (QED) is 0.787. The van der Waals surface area contributed by atoms with Gasteiger partial charge < -0.3 is 9.88 Å². The third-order valence-corrected chi connectivity index (χ3v) is 4.05. The van der Waals surface area contributed by atoms with Crippen LogP contribution in [0.1, 0.15) is 36.2 Å². The van der Waals surface area contributed by atoms with E-state index in [2.05, 4.69) is 15.5 Å². The zero-order chi connectivity index (χ0) is 20.2. The molecule has 1 amide bonds. The predicted molar refractivity (Wildman–Crippen MR) is 91.2 cm³/mol. The summed E-state index contributed by atoms with van der Waals surface area (Å²) in [4.78, 5) is 35.8. The van der Waals surface area contributed by atoms with Crippen LogP contribution in [0.5, 0.6) is 0 Å². The maximum absolute atomic E-state index is 12.7. The van der Waals surface area contributed by atoms with Gasteiger partial charge >= 0.3 is 6.18 Å². The highest BCUT2D eigenvalue weighted by molar-refractivity contribution is 5.75. The van der Waals surface area contributed by atoms with Crippen molar-refractivity contribution in [3.05, 3.63) is 61.4 Å². The summed E-state index contributed by atoms with van der Waals surface area (Å²) < 4.78 is 38.9. The standard InChI is InChI=1S/C17H19F3N4O3/c1-3-11-12(16(27)23-22-13(11)4-2)7-21-14(25)9-24-8-10(17(18,19)20)5-6-15(24)26/h5-6,8H,3-4,7,9H2,1-2H3,(H,21,25)(H,23,27). The molecule has 0 aromatic carbocycles. The van der Waals surface area contributed by atoms with Gasteiger partial charge in [0.2, 0.25) is 5.91 Å². The second-order valence-corrected chi connectivity index (χ2v) is 5.82. The summed E-state index contributed by atoms with van der Waals surface area (Å²) in [6, 6.07) is 1.42. The number of pyridine rings is 1. The van der Waals surface area contributed by atoms with Crippen molar-refractivity contribution >= 4 is 5.91 Å². The molecule has 2 aromatic heterocycles. The first kappa shape index (κ1) is 20.4. The molecule has 0 spiro atoms. The van der Waals surface area contributed by atoms with Gasteiger partial charge in [-0.25, -0.2) is 5.10 Å². The minimum atomic E-state index is -4.62. The third kappa shape index (κ3) is 4.83. The van der Waals surface area contributed by atoms with Gasteiger partial charge in [-0.05, 0) is 24.5 Å². The fourth-order valence-corrected chi connectivity index (χ4v) is 2.68. The van der Waals surface area contributed by atoms with E-state index in [0.29, 0.717) is 40.9 Å². The molecule has 7 nitrogen and oxygen atoms in total. The second kappa shape index (κ2) is 8.19. The summed E-state index contributed by atoms with van der Waals surface area (Å²) in [5, 5.41) is 8.80. The van der Waals surface area contributed by atoms with E-state index < -0.39 is 35.3 Å². The van der Waals surface area contributed by atoms with Crippen LogP contribution in [-0.2, 0) is 36.9 Å². The Bertz CT molecular complexity index is 948. The molecule has 0 atom stereocenters. The molecule has 2 N–H and O–H groups in total. The number of aromatic amines is 1. The molecule has 0 aliphatic heterocycles. The number of aromatic nitrogens is 3. The lowest BCUT2D eigenvalue weighted by atomic mass is 10.0. The SMILES string of the molecule is CCc1n[nH]c(=O)c(CNC(=O)Cn2cc(C(F)(F)F)ccc2=O)c1CC. The summed E-state index contributed by atoms with van der Waals surface area (Å²) >= 11 is 0. The average Bonchev–Trinajstić information content (AvgIpc) is 2.61. The maximum atomic E-state index is 12.7. The van der Waals surface area contributed by atoms with Crippen molar-refractivity contribution in [1.29, 1.82) is 0 Å². The van der Waals surface area contributed by atoms with Crippen LogP contribution in [0.4, 0.5) is 13.2 Å². The zero-order valence-corrected chi connectivity index (χ0v) is 14.8. The Morgan fingerprint density at radius 2 is 1.89 bits per heavy atom. The fraction of sp³-hybridized carbons (Fsp3) is 0.412. The van der Waals surface area contributed by atoms with Gasteiger partial charge in [-0.2, -0.15) is 18.3 Å². The lowest BCUT2D eigenvalue weighted by Crippen LogP contribution is -2.34. The van der Waals surface area contributed by atoms with Gasteiger partial charge in [0.05, 0.1) is 11.3 Å². The van der Waals surface area contributed by atoms with E-state index >= 15 is 0 Å². The van der Waals surface area contributed by atoms with Gasteiger partial charge in [-0.1, -0.05) is 13.8 Å². The minimum Gasteiger partial charge on any atom is -0.350 e. The number of nitrogens with zero attached hydrogens (tertiary/aromatic N) is 2. The van der Waals surface area contributed by atoms with Gasteiger partial charge in [0.25, 0.3) is 11.1 Å². The van der Waals surface area contributed by atoms with E-state index in [1.165, 1.54) is 0 Å². The minimum absolute atomic E-state index is 0.111. The normalized spacial score (nSPS) is 11.4. The monoisotopic (exact) mass is 384 g/mol. The van der Waals surface area contributed by atoms with Crippen molar-refractivity contribution in [2.24, 2.45) is 0 Å². The summed E-state index contributed by atoms with van der Waals surface area (Å²) in [5.74, 6) is -0.687. The smallest absolute Gasteiger partial charge is 0.350 e. The van der Waals surface area contributed by atoms with Crippen LogP contribution < -0.4 is 16.4 Å². The van der Waals surface area contributed by atoms with Crippen molar-refractivity contribution in [3.63, 3.8) is 0 Å². The number of nitrogens with one attached hydrogen (secondary N) is 2. The molecule has 0 saturated carbocycles. The van der Waals surface area contributed by atoms with Crippen LogP contribution >= 0.6 is 0 Å². The predicted octanol–water partition coefficient (Wildman–Crippen LogP) is 1.39. The molecule has 0 aliphatic carbocycles. The summed E-state index contributed by atoms with van der Waals surface area (Å²) in [7, 11) is 0. The highest BCUT2D eigenvalue weighted by Crippen LogP contribution is 2.27. The molecule has 0 bridgehead atoms. The zero-order valence-electron chi connectivity index (χ0n) is 14.8. The molecule has 2 rings (SSSR count). The van der Waals surface area contributed by atoms with Gasteiger partial charge in [0.1, 0.15) is 6.54 Å². The Morgan fingerprint density at radius 3 is 2.48 bits per heavy atom. The van der Waals surface area contributed by atoms with Crippen LogP contribution in [0.25, 0.3) is 0 Å². The van der Waals surface area contributed by atoms with Gasteiger partial charge in [-0.15, -0.1) is 0 Å². The van der Waals surface area contributed by atoms with E-state index in [1.54, 1.807) is 0 Å². The number of amides is 1. The number of halogens is 3. The first-order chi connectivity index (χ1) is 12.7. The van der Waals surface area contributed by atoms with E-state index in [9.17, 15) is 27.6 Å². The van der Waals surface area contributed by atoms with Crippen LogP contribution in [0.3, 0.4) is 0 Å². The molecule has 146 valence electrons. The highest BCUT2D eigenvalue weighted by Gasteiger charge is 2.31. The van der Waals surface area contributed by atoms with Crippen molar-refractivity contribution in [3.8, 4) is 0 Å². The molecule has 10 heteroatoms. The molecule has 0 aliphatic rings. The number of hydrogen-bond acceptors (Lipinski definition) is 4. The Morgan fingerprint density at radius 1 is 1.19 bits per heavy atom. The van der Waals surface area contributed by atoms with E-state index in [0.717, 1.165) is 11.6 Å². The average molecular weight is 384 g/mol. The van der Waals surface area contributed by atoms with Crippen molar-refractivity contribution in [2.75, 3.05) is 0 Å². The van der Waals surface area contributed by atoms with Gasteiger partial charge in [0, 0.05) is 24.4 Å². The fourth-order valence-electron chi connectivity index (χ4n) is 2.68. The molecule has 0 radical (unpaired) electrons. The number of alkyl halides is 3. The first-order valence-corrected chi connectivity index (χ1v) is 8.31. The molecule has 2 heterocycles. The molecule has 0 saturated heterocycles. The lowest BCUT2D eigenvalue weighted by Gasteiger charge is -2.13. The number of H-pyrrole nitrogens is 1. The molecular formula is C17H19F3N4O3.